The molecule has 0 atom stereocenters. The number of rotatable bonds is 2. The van der Waals surface area contributed by atoms with E-state index in [1.807, 2.05) is 0 Å². The van der Waals surface area contributed by atoms with Gasteiger partial charge in [-0.25, -0.2) is 9.59 Å². The van der Waals surface area contributed by atoms with Gasteiger partial charge in [0.15, 0.2) is 12.2 Å². The third-order valence-electron chi connectivity index (χ3n) is 5.31. The largest absolute Gasteiger partial charge is 0.508 e. The Morgan fingerprint density at radius 2 is 1.62 bits per heavy atom. The number of benzene rings is 3. The Morgan fingerprint density at radius 3 is 2.25 bits per heavy atom. The minimum Gasteiger partial charge on any atom is -0.508 e. The molecule has 0 radical (unpaired) electrons. The van der Waals surface area contributed by atoms with Gasteiger partial charge in [-0.15, -0.1) is 6.42 Å². The van der Waals surface area contributed by atoms with E-state index in [1.54, 1.807) is 24.3 Å². The number of hydrogen-bond donors (Lipinski definition) is 3. The van der Waals surface area contributed by atoms with Gasteiger partial charge in [0, 0.05) is 34.5 Å². The maximum atomic E-state index is 13.0. The molecule has 8 heteroatoms. The van der Waals surface area contributed by atoms with Gasteiger partial charge in [-0.05, 0) is 36.4 Å². The van der Waals surface area contributed by atoms with Crippen LogP contribution in [0.25, 0.3) is 0 Å². The number of phenols is 2. The lowest BCUT2D eigenvalue weighted by Crippen LogP contribution is -2.32. The van der Waals surface area contributed by atoms with Gasteiger partial charge in [0.05, 0.1) is 5.56 Å². The summed E-state index contributed by atoms with van der Waals surface area (Å²) in [6.45, 7) is -0.185. The molecule has 2 aliphatic heterocycles. The van der Waals surface area contributed by atoms with E-state index in [2.05, 4.69) is 11.2 Å². The van der Waals surface area contributed by atoms with Crippen molar-refractivity contribution >= 4 is 17.7 Å². The molecule has 0 aliphatic carbocycles. The van der Waals surface area contributed by atoms with Crippen LogP contribution < -0.4 is 10.1 Å². The van der Waals surface area contributed by atoms with E-state index < -0.39 is 17.7 Å². The fraction of sp³-hybridized carbons (Fsp3) is 0.0833. The molecule has 5 rings (SSSR count). The van der Waals surface area contributed by atoms with Gasteiger partial charge in [-0.1, -0.05) is 12.0 Å². The van der Waals surface area contributed by atoms with E-state index in [-0.39, 0.29) is 35.2 Å². The van der Waals surface area contributed by atoms with Crippen LogP contribution in [0, 0.1) is 12.3 Å². The van der Waals surface area contributed by atoms with Crippen LogP contribution in [-0.4, -0.2) is 28.9 Å². The first-order chi connectivity index (χ1) is 15.4. The molecule has 0 saturated heterocycles. The van der Waals surface area contributed by atoms with Gasteiger partial charge in [-0.2, -0.15) is 0 Å². The highest BCUT2D eigenvalue weighted by atomic mass is 16.6. The quantitative estimate of drug-likeness (QED) is 0.419. The van der Waals surface area contributed by atoms with Gasteiger partial charge in [0.25, 0.3) is 0 Å². The topological polar surface area (TPSA) is 114 Å². The molecule has 8 nitrogen and oxygen atoms in total. The van der Waals surface area contributed by atoms with Crippen LogP contribution in [0.15, 0.2) is 54.6 Å². The van der Waals surface area contributed by atoms with Crippen molar-refractivity contribution in [3.63, 3.8) is 0 Å². The zero-order valence-electron chi connectivity index (χ0n) is 16.4. The van der Waals surface area contributed by atoms with Gasteiger partial charge in [0.1, 0.15) is 23.0 Å². The number of aromatic hydroxyl groups is 2. The number of ether oxygens (including phenoxy) is 3. The van der Waals surface area contributed by atoms with E-state index in [4.69, 9.17) is 20.6 Å². The first-order valence-corrected chi connectivity index (χ1v) is 9.52. The molecule has 1 amide bonds. The van der Waals surface area contributed by atoms with Crippen LogP contribution in [0.5, 0.6) is 23.0 Å². The lowest BCUT2D eigenvalue weighted by atomic mass is 9.77. The summed E-state index contributed by atoms with van der Waals surface area (Å²) in [6, 6.07) is 13.8. The Balaban J connectivity index is 1.67. The van der Waals surface area contributed by atoms with Crippen molar-refractivity contribution < 1.29 is 34.0 Å². The lowest BCUT2D eigenvalue weighted by molar-refractivity contribution is 0.0224. The third-order valence-corrected chi connectivity index (χ3v) is 5.31. The van der Waals surface area contributed by atoms with Gasteiger partial charge < -0.3 is 24.4 Å². The van der Waals surface area contributed by atoms with Crippen LogP contribution in [0.3, 0.4) is 0 Å². The summed E-state index contributed by atoms with van der Waals surface area (Å²) in [7, 11) is 0. The number of amides is 1. The second kappa shape index (κ2) is 6.96. The maximum Gasteiger partial charge on any atom is 0.412 e. The Labute approximate surface area is 182 Å². The van der Waals surface area contributed by atoms with Crippen LogP contribution in [0.1, 0.15) is 27.0 Å². The fourth-order valence-corrected chi connectivity index (χ4v) is 4.04. The number of hydrogen-bond acceptors (Lipinski definition) is 7. The Kier molecular flexibility index (Phi) is 4.20. The molecule has 3 aromatic carbocycles. The number of terminal acetylenes is 1. The molecule has 32 heavy (non-hydrogen) atoms. The highest BCUT2D eigenvalue weighted by Crippen LogP contribution is 2.57. The van der Waals surface area contributed by atoms with E-state index in [0.717, 1.165) is 0 Å². The molecule has 2 aliphatic rings. The lowest BCUT2D eigenvalue weighted by Gasteiger charge is -2.36. The molecule has 2 heterocycles. The van der Waals surface area contributed by atoms with Crippen molar-refractivity contribution in [2.24, 2.45) is 0 Å². The van der Waals surface area contributed by atoms with Gasteiger partial charge in [-0.3, -0.25) is 5.32 Å². The van der Waals surface area contributed by atoms with Crippen molar-refractivity contribution in [3.8, 4) is 35.3 Å². The molecule has 3 aromatic rings. The average Bonchev–Trinajstić information content (AvgIpc) is 3.04. The number of nitrogens with one attached hydrogen (secondary N) is 1. The minimum absolute atomic E-state index is 0.0305. The number of carbonyl (C=O) groups is 2. The van der Waals surface area contributed by atoms with Crippen molar-refractivity contribution in [3.05, 3.63) is 76.9 Å². The Bertz CT molecular complexity index is 1290. The average molecular weight is 429 g/mol. The monoisotopic (exact) mass is 429 g/mol. The predicted octanol–water partition coefficient (Wildman–Crippen LogP) is 3.85. The second-order valence-corrected chi connectivity index (χ2v) is 7.20. The van der Waals surface area contributed by atoms with Crippen molar-refractivity contribution in [2.75, 3.05) is 11.9 Å². The van der Waals surface area contributed by atoms with Crippen LogP contribution in [-0.2, 0) is 15.1 Å². The van der Waals surface area contributed by atoms with Crippen LogP contribution >= 0.6 is 0 Å². The van der Waals surface area contributed by atoms with Gasteiger partial charge >= 0.3 is 12.1 Å². The second-order valence-electron chi connectivity index (χ2n) is 7.20. The molecule has 3 N–H and O–H groups in total. The maximum absolute atomic E-state index is 13.0. The highest BCUT2D eigenvalue weighted by Gasteiger charge is 2.53. The molecule has 0 saturated carbocycles. The Hall–Kier alpha value is -4.64. The molecule has 0 aromatic heterocycles. The predicted molar refractivity (Wildman–Crippen MR) is 112 cm³/mol. The summed E-state index contributed by atoms with van der Waals surface area (Å²) >= 11 is 0. The molecule has 158 valence electrons. The number of esters is 1. The smallest absolute Gasteiger partial charge is 0.412 e. The zero-order valence-corrected chi connectivity index (χ0v) is 16.4. The first-order valence-electron chi connectivity index (χ1n) is 9.52. The summed E-state index contributed by atoms with van der Waals surface area (Å²) in [5, 5.41) is 22.4. The number of phenolic OH excluding ortho intramolecular Hbond substituents is 2. The van der Waals surface area contributed by atoms with Crippen molar-refractivity contribution in [1.29, 1.82) is 0 Å². The van der Waals surface area contributed by atoms with Crippen LogP contribution in [0.4, 0.5) is 10.5 Å². The van der Waals surface area contributed by atoms with E-state index in [1.165, 1.54) is 30.3 Å². The van der Waals surface area contributed by atoms with Crippen molar-refractivity contribution in [2.45, 2.75) is 5.60 Å². The Morgan fingerprint density at radius 1 is 1.00 bits per heavy atom. The SMILES string of the molecule is C#CCOC(=O)Nc1ccc2c(c1)C(=O)OC21c2ccc(O)cc2Oc2cc(O)ccc21. The molecule has 0 bridgehead atoms. The number of carbonyl (C=O) groups excluding carboxylic acids is 2. The minimum atomic E-state index is -1.36. The summed E-state index contributed by atoms with van der Waals surface area (Å²) in [5.74, 6) is 2.09. The standard InChI is InChI=1S/C24H15NO7/c1-2-9-30-23(29)25-13-3-6-17-16(10-13)22(28)32-24(17)18-7-4-14(26)11-20(18)31-21-12-15(27)5-8-19(21)24/h1,3-8,10-12,26-27H,9H2,(H,25,29). The van der Waals surface area contributed by atoms with Gasteiger partial charge in [0.2, 0.25) is 0 Å². The fourth-order valence-electron chi connectivity index (χ4n) is 4.04. The number of fused-ring (bicyclic) bond motifs is 6. The summed E-state index contributed by atoms with van der Waals surface area (Å²) in [5.41, 5.74) is 0.735. The highest BCUT2D eigenvalue weighted by molar-refractivity contribution is 5.99. The molecule has 0 unspecified atom stereocenters. The van der Waals surface area contributed by atoms with E-state index >= 15 is 0 Å². The molecular weight excluding hydrogens is 414 g/mol. The summed E-state index contributed by atoms with van der Waals surface area (Å²) in [6.07, 6.45) is 4.33. The normalized spacial score (nSPS) is 14.3. The first kappa shape index (κ1) is 19.3. The molecular formula is C24H15NO7. The third kappa shape index (κ3) is 2.80. The molecule has 0 fully saturated rings. The van der Waals surface area contributed by atoms with Crippen LogP contribution in [0.2, 0.25) is 0 Å². The van der Waals surface area contributed by atoms with E-state index in [0.29, 0.717) is 22.4 Å². The molecule has 1 spiro atoms. The number of anilines is 1. The van der Waals surface area contributed by atoms with Crippen molar-refractivity contribution in [1.82, 2.24) is 0 Å². The van der Waals surface area contributed by atoms with E-state index in [9.17, 15) is 19.8 Å². The summed E-state index contributed by atoms with van der Waals surface area (Å²) in [4.78, 5) is 24.8. The summed E-state index contributed by atoms with van der Waals surface area (Å²) < 4.78 is 16.7. The zero-order chi connectivity index (χ0) is 22.5.